The van der Waals surface area contributed by atoms with Crippen LogP contribution in [0.15, 0.2) is 0 Å². The maximum atomic E-state index is 10.7. The standard InChI is InChI=1S/C8H14O4S/c1-2-8(9)12-4-3-7-5-13(10,11)6-7/h7H,2-6H2,1H3. The summed E-state index contributed by atoms with van der Waals surface area (Å²) in [6.45, 7) is 2.09. The van der Waals surface area contributed by atoms with Crippen LogP contribution >= 0.6 is 0 Å². The van der Waals surface area contributed by atoms with Gasteiger partial charge in [-0.3, -0.25) is 4.79 Å². The number of sulfone groups is 1. The minimum absolute atomic E-state index is 0.203. The smallest absolute Gasteiger partial charge is 0.305 e. The highest BCUT2D eigenvalue weighted by Gasteiger charge is 2.32. The van der Waals surface area contributed by atoms with Crippen molar-refractivity contribution in [3.63, 3.8) is 0 Å². The molecule has 13 heavy (non-hydrogen) atoms. The number of carbonyl (C=O) groups is 1. The average Bonchev–Trinajstić information content (AvgIpc) is 2.00. The summed E-state index contributed by atoms with van der Waals surface area (Å²) in [7, 11) is -2.73. The zero-order valence-electron chi connectivity index (χ0n) is 7.65. The Morgan fingerprint density at radius 1 is 1.46 bits per heavy atom. The van der Waals surface area contributed by atoms with E-state index in [1.165, 1.54) is 0 Å². The van der Waals surface area contributed by atoms with E-state index < -0.39 is 9.84 Å². The molecular weight excluding hydrogens is 192 g/mol. The summed E-state index contributed by atoms with van der Waals surface area (Å²) in [5.74, 6) is 0.504. The molecule has 0 atom stereocenters. The summed E-state index contributed by atoms with van der Waals surface area (Å²) >= 11 is 0. The number of esters is 1. The van der Waals surface area contributed by atoms with Gasteiger partial charge in [0.2, 0.25) is 0 Å². The lowest BCUT2D eigenvalue weighted by molar-refractivity contribution is -0.143. The summed E-state index contributed by atoms with van der Waals surface area (Å²) in [6.07, 6.45) is 1.05. The molecule has 1 aliphatic rings. The highest BCUT2D eigenvalue weighted by atomic mass is 32.2. The topological polar surface area (TPSA) is 60.4 Å². The normalized spacial score (nSPS) is 20.7. The summed E-state index contributed by atoms with van der Waals surface area (Å²) in [6, 6.07) is 0. The van der Waals surface area contributed by atoms with Gasteiger partial charge in [0.1, 0.15) is 0 Å². The Morgan fingerprint density at radius 3 is 2.54 bits per heavy atom. The van der Waals surface area contributed by atoms with Gasteiger partial charge < -0.3 is 4.74 Å². The lowest BCUT2D eigenvalue weighted by Crippen LogP contribution is -2.36. The fourth-order valence-corrected chi connectivity index (χ4v) is 2.95. The predicted octanol–water partition coefficient (Wildman–Crippen LogP) is 0.374. The molecule has 0 aliphatic carbocycles. The summed E-state index contributed by atoms with van der Waals surface area (Å²) in [5, 5.41) is 0. The van der Waals surface area contributed by atoms with E-state index in [2.05, 4.69) is 0 Å². The summed E-state index contributed by atoms with van der Waals surface area (Å²) < 4.78 is 26.3. The summed E-state index contributed by atoms with van der Waals surface area (Å²) in [4.78, 5) is 10.7. The Balaban J connectivity index is 2.06. The molecule has 1 fully saturated rings. The highest BCUT2D eigenvalue weighted by molar-refractivity contribution is 7.92. The number of rotatable bonds is 4. The predicted molar refractivity (Wildman–Crippen MR) is 48.0 cm³/mol. The first-order valence-electron chi connectivity index (χ1n) is 4.39. The van der Waals surface area contributed by atoms with E-state index in [4.69, 9.17) is 4.74 Å². The average molecular weight is 206 g/mol. The van der Waals surface area contributed by atoms with Crippen LogP contribution in [-0.2, 0) is 19.4 Å². The van der Waals surface area contributed by atoms with E-state index in [-0.39, 0.29) is 23.4 Å². The van der Waals surface area contributed by atoms with Crippen LogP contribution in [0.2, 0.25) is 0 Å². The van der Waals surface area contributed by atoms with Crippen molar-refractivity contribution in [2.24, 2.45) is 5.92 Å². The number of hydrogen-bond donors (Lipinski definition) is 0. The summed E-state index contributed by atoms with van der Waals surface area (Å²) in [5.41, 5.74) is 0. The van der Waals surface area contributed by atoms with E-state index in [0.29, 0.717) is 19.4 Å². The quantitative estimate of drug-likeness (QED) is 0.624. The second-order valence-electron chi connectivity index (χ2n) is 3.31. The van der Waals surface area contributed by atoms with Crippen molar-refractivity contribution in [3.8, 4) is 0 Å². The lowest BCUT2D eigenvalue weighted by atomic mass is 10.1. The van der Waals surface area contributed by atoms with E-state index in [9.17, 15) is 13.2 Å². The number of carbonyl (C=O) groups excluding carboxylic acids is 1. The van der Waals surface area contributed by atoms with E-state index in [1.54, 1.807) is 6.92 Å². The Kier molecular flexibility index (Phi) is 3.30. The molecule has 0 N–H and O–H groups in total. The maximum Gasteiger partial charge on any atom is 0.305 e. The monoisotopic (exact) mass is 206 g/mol. The molecule has 1 aliphatic heterocycles. The van der Waals surface area contributed by atoms with E-state index in [1.807, 2.05) is 0 Å². The Morgan fingerprint density at radius 2 is 2.08 bits per heavy atom. The van der Waals surface area contributed by atoms with Crippen LogP contribution in [0.1, 0.15) is 19.8 Å². The van der Waals surface area contributed by atoms with Crippen molar-refractivity contribution in [1.82, 2.24) is 0 Å². The molecule has 1 rings (SSSR count). The first kappa shape index (κ1) is 10.5. The van der Waals surface area contributed by atoms with Crippen molar-refractivity contribution in [2.45, 2.75) is 19.8 Å². The molecule has 1 heterocycles. The van der Waals surface area contributed by atoms with Crippen LogP contribution in [0, 0.1) is 5.92 Å². The molecule has 0 aromatic rings. The van der Waals surface area contributed by atoms with Gasteiger partial charge in [0.15, 0.2) is 9.84 Å². The van der Waals surface area contributed by atoms with Crippen molar-refractivity contribution in [3.05, 3.63) is 0 Å². The van der Waals surface area contributed by atoms with Crippen LogP contribution < -0.4 is 0 Å². The van der Waals surface area contributed by atoms with Crippen LogP contribution in [0.25, 0.3) is 0 Å². The largest absolute Gasteiger partial charge is 0.466 e. The second kappa shape index (κ2) is 4.09. The Hall–Kier alpha value is -0.580. The van der Waals surface area contributed by atoms with Crippen LogP contribution in [0.4, 0.5) is 0 Å². The fourth-order valence-electron chi connectivity index (χ4n) is 1.28. The maximum absolute atomic E-state index is 10.7. The van der Waals surface area contributed by atoms with E-state index >= 15 is 0 Å². The van der Waals surface area contributed by atoms with Crippen molar-refractivity contribution in [1.29, 1.82) is 0 Å². The number of hydrogen-bond acceptors (Lipinski definition) is 4. The molecule has 76 valence electrons. The fraction of sp³-hybridized carbons (Fsp3) is 0.875. The Bertz CT molecular complexity index is 269. The third-order valence-corrected chi connectivity index (χ3v) is 4.02. The highest BCUT2D eigenvalue weighted by Crippen LogP contribution is 2.21. The lowest BCUT2D eigenvalue weighted by Gasteiger charge is -2.25. The molecule has 0 unspecified atom stereocenters. The van der Waals surface area contributed by atoms with Gasteiger partial charge in [-0.15, -0.1) is 0 Å². The van der Waals surface area contributed by atoms with Gasteiger partial charge in [0.05, 0.1) is 18.1 Å². The van der Waals surface area contributed by atoms with Crippen LogP contribution in [0.3, 0.4) is 0 Å². The molecule has 0 spiro atoms. The van der Waals surface area contributed by atoms with E-state index in [0.717, 1.165) is 0 Å². The second-order valence-corrected chi connectivity index (χ2v) is 5.46. The first-order chi connectivity index (χ1) is 6.03. The first-order valence-corrected chi connectivity index (χ1v) is 6.21. The minimum atomic E-state index is -2.73. The minimum Gasteiger partial charge on any atom is -0.466 e. The van der Waals surface area contributed by atoms with Crippen molar-refractivity contribution >= 4 is 15.8 Å². The SMILES string of the molecule is CCC(=O)OCCC1CS(=O)(=O)C1. The molecule has 0 bridgehead atoms. The van der Waals surface area contributed by atoms with Crippen LogP contribution in [0.5, 0.6) is 0 Å². The zero-order valence-corrected chi connectivity index (χ0v) is 8.47. The third-order valence-electron chi connectivity index (χ3n) is 2.06. The van der Waals surface area contributed by atoms with Gasteiger partial charge in [-0.2, -0.15) is 0 Å². The van der Waals surface area contributed by atoms with Gasteiger partial charge in [0.25, 0.3) is 0 Å². The zero-order chi connectivity index (χ0) is 9.90. The molecule has 0 amide bonds. The molecule has 5 heteroatoms. The third kappa shape index (κ3) is 3.34. The van der Waals surface area contributed by atoms with Gasteiger partial charge in [0, 0.05) is 6.42 Å². The molecule has 0 aromatic heterocycles. The molecule has 0 saturated carbocycles. The van der Waals surface area contributed by atoms with Gasteiger partial charge in [-0.25, -0.2) is 8.42 Å². The molecule has 0 aromatic carbocycles. The molecule has 4 nitrogen and oxygen atoms in total. The van der Waals surface area contributed by atoms with Crippen molar-refractivity contribution in [2.75, 3.05) is 18.1 Å². The Labute approximate surface area is 78.2 Å². The van der Waals surface area contributed by atoms with Crippen LogP contribution in [-0.4, -0.2) is 32.5 Å². The molecule has 1 saturated heterocycles. The molecular formula is C8H14O4S. The van der Waals surface area contributed by atoms with Crippen molar-refractivity contribution < 1.29 is 17.9 Å². The number of ether oxygens (including phenoxy) is 1. The van der Waals surface area contributed by atoms with Gasteiger partial charge in [-0.05, 0) is 12.3 Å². The van der Waals surface area contributed by atoms with Gasteiger partial charge >= 0.3 is 5.97 Å². The van der Waals surface area contributed by atoms with Gasteiger partial charge in [-0.1, -0.05) is 6.92 Å². The molecule has 0 radical (unpaired) electrons.